The quantitative estimate of drug-likeness (QED) is 0.521. The number of amides is 1. The smallest absolute Gasteiger partial charge is 0.306 e. The number of esters is 1. The number of anilines is 1. The predicted octanol–water partition coefficient (Wildman–Crippen LogP) is 4.04. The highest BCUT2D eigenvalue weighted by Crippen LogP contribution is 2.18. The van der Waals surface area contributed by atoms with Gasteiger partial charge in [-0.25, -0.2) is 0 Å². The van der Waals surface area contributed by atoms with E-state index in [2.05, 4.69) is 5.32 Å². The Morgan fingerprint density at radius 1 is 1.04 bits per heavy atom. The second-order valence-electron chi connectivity index (χ2n) is 6.57. The Hall–Kier alpha value is -3.02. The molecular formula is C22H27NO5. The van der Waals surface area contributed by atoms with E-state index in [4.69, 9.17) is 14.2 Å². The highest BCUT2D eigenvalue weighted by atomic mass is 16.5. The third-order valence-corrected chi connectivity index (χ3v) is 4.17. The van der Waals surface area contributed by atoms with Gasteiger partial charge in [-0.15, -0.1) is 0 Å². The second kappa shape index (κ2) is 10.3. The van der Waals surface area contributed by atoms with Gasteiger partial charge in [-0.1, -0.05) is 17.7 Å². The molecule has 1 atom stereocenters. The van der Waals surface area contributed by atoms with E-state index in [0.717, 1.165) is 16.9 Å². The molecule has 0 aliphatic rings. The fourth-order valence-corrected chi connectivity index (χ4v) is 2.58. The van der Waals surface area contributed by atoms with E-state index >= 15 is 0 Å². The summed E-state index contributed by atoms with van der Waals surface area (Å²) in [4.78, 5) is 24.2. The number of aryl methyl sites for hydroxylation is 2. The predicted molar refractivity (Wildman–Crippen MR) is 108 cm³/mol. The van der Waals surface area contributed by atoms with Crippen LogP contribution < -0.4 is 14.8 Å². The molecule has 150 valence electrons. The van der Waals surface area contributed by atoms with Crippen LogP contribution in [0.5, 0.6) is 11.5 Å². The highest BCUT2D eigenvalue weighted by molar-refractivity contribution is 5.95. The molecule has 1 amide bonds. The first kappa shape index (κ1) is 21.3. The van der Waals surface area contributed by atoms with Crippen molar-refractivity contribution in [3.63, 3.8) is 0 Å². The Labute approximate surface area is 165 Å². The zero-order chi connectivity index (χ0) is 20.5. The zero-order valence-corrected chi connectivity index (χ0v) is 16.8. The minimum atomic E-state index is -0.865. The number of methoxy groups -OCH3 is 1. The summed E-state index contributed by atoms with van der Waals surface area (Å²) in [6.45, 7) is 5.85. The van der Waals surface area contributed by atoms with Crippen LogP contribution in [0.2, 0.25) is 0 Å². The second-order valence-corrected chi connectivity index (χ2v) is 6.57. The summed E-state index contributed by atoms with van der Waals surface area (Å²) in [6, 6.07) is 13.0. The molecule has 28 heavy (non-hydrogen) atoms. The molecular weight excluding hydrogens is 358 g/mol. The summed E-state index contributed by atoms with van der Waals surface area (Å²) in [5, 5.41) is 2.79. The van der Waals surface area contributed by atoms with Gasteiger partial charge in [0.05, 0.1) is 13.7 Å². The number of nitrogens with one attached hydrogen (secondary N) is 1. The summed E-state index contributed by atoms with van der Waals surface area (Å²) in [7, 11) is 1.60. The van der Waals surface area contributed by atoms with Crippen molar-refractivity contribution < 1.29 is 23.8 Å². The van der Waals surface area contributed by atoms with Gasteiger partial charge >= 0.3 is 5.97 Å². The average Bonchev–Trinajstić information content (AvgIpc) is 2.67. The van der Waals surface area contributed by atoms with Crippen molar-refractivity contribution in [3.8, 4) is 11.5 Å². The van der Waals surface area contributed by atoms with Gasteiger partial charge in [-0.2, -0.15) is 0 Å². The molecule has 6 heteroatoms. The summed E-state index contributed by atoms with van der Waals surface area (Å²) in [6.07, 6.45) is -0.191. The third kappa shape index (κ3) is 6.61. The molecule has 0 saturated heterocycles. The van der Waals surface area contributed by atoms with Crippen LogP contribution in [0.4, 0.5) is 5.69 Å². The Kier molecular flexibility index (Phi) is 7.87. The van der Waals surface area contributed by atoms with Crippen molar-refractivity contribution in [2.24, 2.45) is 0 Å². The number of carbonyl (C=O) groups excluding carboxylic acids is 2. The number of hydrogen-bond acceptors (Lipinski definition) is 5. The van der Waals surface area contributed by atoms with Crippen LogP contribution in [-0.2, 0) is 14.3 Å². The minimum absolute atomic E-state index is 0.178. The van der Waals surface area contributed by atoms with Crippen LogP contribution in [0.15, 0.2) is 42.5 Å². The first-order chi connectivity index (χ1) is 13.4. The van der Waals surface area contributed by atoms with Gasteiger partial charge in [-0.05, 0) is 63.1 Å². The first-order valence-corrected chi connectivity index (χ1v) is 9.23. The van der Waals surface area contributed by atoms with E-state index in [9.17, 15) is 9.59 Å². The topological polar surface area (TPSA) is 73.9 Å². The lowest BCUT2D eigenvalue weighted by molar-refractivity contribution is -0.153. The number of benzene rings is 2. The average molecular weight is 385 g/mol. The van der Waals surface area contributed by atoms with Gasteiger partial charge in [0.1, 0.15) is 11.5 Å². The molecule has 0 bridgehead atoms. The van der Waals surface area contributed by atoms with E-state index in [1.807, 2.05) is 32.0 Å². The maximum Gasteiger partial charge on any atom is 0.306 e. The maximum absolute atomic E-state index is 12.2. The van der Waals surface area contributed by atoms with Gasteiger partial charge in [0.25, 0.3) is 5.91 Å². The summed E-state index contributed by atoms with van der Waals surface area (Å²) >= 11 is 0. The van der Waals surface area contributed by atoms with Crippen molar-refractivity contribution >= 4 is 17.6 Å². The molecule has 2 rings (SSSR count). The maximum atomic E-state index is 12.2. The van der Waals surface area contributed by atoms with E-state index < -0.39 is 12.1 Å². The van der Waals surface area contributed by atoms with E-state index in [-0.39, 0.29) is 12.3 Å². The molecule has 1 N–H and O–H groups in total. The molecule has 0 aliphatic carbocycles. The number of ether oxygens (including phenoxy) is 3. The molecule has 0 aromatic heterocycles. The van der Waals surface area contributed by atoms with Crippen LogP contribution in [-0.4, -0.2) is 31.7 Å². The molecule has 6 nitrogen and oxygen atoms in total. The largest absolute Gasteiger partial charge is 0.497 e. The molecule has 0 spiro atoms. The SMILES string of the molecule is COc1ccc(OCCCC(=O)O[C@H](C)C(=O)Nc2ccc(C)cc2C)cc1. The number of hydrogen-bond donors (Lipinski definition) is 1. The van der Waals surface area contributed by atoms with Crippen LogP contribution in [0.25, 0.3) is 0 Å². The molecule has 0 fully saturated rings. The Morgan fingerprint density at radius 2 is 1.71 bits per heavy atom. The van der Waals surface area contributed by atoms with Crippen LogP contribution >= 0.6 is 0 Å². The van der Waals surface area contributed by atoms with Crippen molar-refractivity contribution in [1.82, 2.24) is 0 Å². The Bertz CT molecular complexity index is 801. The summed E-state index contributed by atoms with van der Waals surface area (Å²) in [5.41, 5.74) is 2.79. The highest BCUT2D eigenvalue weighted by Gasteiger charge is 2.18. The summed E-state index contributed by atoms with van der Waals surface area (Å²) in [5.74, 6) is 0.677. The van der Waals surface area contributed by atoms with Gasteiger partial charge in [0.2, 0.25) is 0 Å². The van der Waals surface area contributed by atoms with Crippen molar-refractivity contribution in [3.05, 3.63) is 53.6 Å². The molecule has 2 aromatic rings. The minimum Gasteiger partial charge on any atom is -0.497 e. The van der Waals surface area contributed by atoms with Crippen molar-refractivity contribution in [1.29, 1.82) is 0 Å². The van der Waals surface area contributed by atoms with Gasteiger partial charge < -0.3 is 19.5 Å². The fourth-order valence-electron chi connectivity index (χ4n) is 2.58. The van der Waals surface area contributed by atoms with Crippen LogP contribution in [0, 0.1) is 13.8 Å². The summed E-state index contributed by atoms with van der Waals surface area (Å²) < 4.78 is 15.9. The lowest BCUT2D eigenvalue weighted by Gasteiger charge is -2.15. The molecule has 0 unspecified atom stereocenters. The van der Waals surface area contributed by atoms with Crippen LogP contribution in [0.3, 0.4) is 0 Å². The monoisotopic (exact) mass is 385 g/mol. The molecule has 0 saturated carbocycles. The van der Waals surface area contributed by atoms with Gasteiger partial charge in [0, 0.05) is 12.1 Å². The van der Waals surface area contributed by atoms with E-state index in [1.54, 1.807) is 38.3 Å². The van der Waals surface area contributed by atoms with Crippen molar-refractivity contribution in [2.45, 2.75) is 39.7 Å². The van der Waals surface area contributed by atoms with E-state index in [1.165, 1.54) is 0 Å². The third-order valence-electron chi connectivity index (χ3n) is 4.17. The number of rotatable bonds is 9. The molecule has 0 radical (unpaired) electrons. The van der Waals surface area contributed by atoms with Gasteiger partial charge in [0.15, 0.2) is 6.10 Å². The lowest BCUT2D eigenvalue weighted by atomic mass is 10.1. The normalized spacial score (nSPS) is 11.4. The molecule has 0 aliphatic heterocycles. The van der Waals surface area contributed by atoms with E-state index in [0.29, 0.717) is 24.5 Å². The van der Waals surface area contributed by atoms with Crippen molar-refractivity contribution in [2.75, 3.05) is 19.0 Å². The number of carbonyl (C=O) groups is 2. The Morgan fingerprint density at radius 3 is 2.36 bits per heavy atom. The van der Waals surface area contributed by atoms with Gasteiger partial charge in [-0.3, -0.25) is 9.59 Å². The first-order valence-electron chi connectivity index (χ1n) is 9.23. The Balaban J connectivity index is 1.70. The van der Waals surface area contributed by atoms with Crippen LogP contribution in [0.1, 0.15) is 30.9 Å². The zero-order valence-electron chi connectivity index (χ0n) is 16.8. The standard InChI is InChI=1S/C22H27NO5/c1-15-7-12-20(16(2)14-15)23-22(25)17(3)28-21(24)6-5-13-27-19-10-8-18(26-4)9-11-19/h7-12,14,17H,5-6,13H2,1-4H3,(H,23,25)/t17-/m1/s1. The fraction of sp³-hybridized carbons (Fsp3) is 0.364. The lowest BCUT2D eigenvalue weighted by Crippen LogP contribution is -2.30. The molecule has 2 aromatic carbocycles. The molecule has 0 heterocycles.